The van der Waals surface area contributed by atoms with Gasteiger partial charge in [-0.25, -0.2) is 0 Å². The van der Waals surface area contributed by atoms with Gasteiger partial charge in [0.25, 0.3) is 0 Å². The van der Waals surface area contributed by atoms with Gasteiger partial charge in [-0.15, -0.1) is 0 Å². The van der Waals surface area contributed by atoms with Gasteiger partial charge in [0.15, 0.2) is 0 Å². The van der Waals surface area contributed by atoms with Gasteiger partial charge in [-0.05, 0) is 6.42 Å². The van der Waals surface area contributed by atoms with Gasteiger partial charge < -0.3 is 9.80 Å². The highest BCUT2D eigenvalue weighted by atomic mass is 16.2. The van der Waals surface area contributed by atoms with E-state index in [1.807, 2.05) is 4.90 Å². The van der Waals surface area contributed by atoms with Crippen molar-refractivity contribution in [3.8, 4) is 0 Å². The summed E-state index contributed by atoms with van der Waals surface area (Å²) < 4.78 is 0. The Morgan fingerprint density at radius 2 is 1.60 bits per heavy atom. The molecule has 4 nitrogen and oxygen atoms in total. The third kappa shape index (κ3) is 3.53. The van der Waals surface area contributed by atoms with E-state index in [0.717, 1.165) is 12.8 Å². The van der Waals surface area contributed by atoms with E-state index < -0.39 is 0 Å². The van der Waals surface area contributed by atoms with Crippen molar-refractivity contribution in [2.75, 3.05) is 26.2 Å². The highest BCUT2D eigenvalue weighted by Gasteiger charge is 2.21. The van der Waals surface area contributed by atoms with Crippen LogP contribution in [-0.4, -0.2) is 47.8 Å². The molecule has 4 heteroatoms. The maximum atomic E-state index is 11.7. The Kier molecular flexibility index (Phi) is 4.59. The topological polar surface area (TPSA) is 40.6 Å². The molecule has 2 amide bonds. The Balaban J connectivity index is 2.30. The van der Waals surface area contributed by atoms with E-state index in [9.17, 15) is 9.59 Å². The molecule has 1 saturated heterocycles. The van der Waals surface area contributed by atoms with Gasteiger partial charge in [0.1, 0.15) is 0 Å². The zero-order chi connectivity index (χ0) is 11.3. The lowest BCUT2D eigenvalue weighted by molar-refractivity contribution is -0.138. The minimum absolute atomic E-state index is 0.107. The van der Waals surface area contributed by atoms with Crippen molar-refractivity contribution in [1.29, 1.82) is 0 Å². The van der Waals surface area contributed by atoms with Crippen molar-refractivity contribution >= 4 is 11.8 Å². The van der Waals surface area contributed by atoms with Gasteiger partial charge in [0.2, 0.25) is 11.8 Å². The zero-order valence-corrected chi connectivity index (χ0v) is 9.66. The van der Waals surface area contributed by atoms with E-state index in [2.05, 4.69) is 6.92 Å². The summed E-state index contributed by atoms with van der Waals surface area (Å²) in [5.41, 5.74) is 0. The maximum absolute atomic E-state index is 11.7. The fraction of sp³-hybridized carbons (Fsp3) is 0.818. The second-order valence-electron chi connectivity index (χ2n) is 3.99. The monoisotopic (exact) mass is 212 g/mol. The third-order valence-corrected chi connectivity index (χ3v) is 2.82. The number of nitrogens with zero attached hydrogens (tertiary/aromatic N) is 2. The Bertz CT molecular complexity index is 233. The molecular weight excluding hydrogens is 192 g/mol. The largest absolute Gasteiger partial charge is 0.339 e. The molecule has 0 N–H and O–H groups in total. The number of unbranched alkanes of at least 4 members (excludes halogenated alkanes) is 1. The Morgan fingerprint density at radius 1 is 1.07 bits per heavy atom. The summed E-state index contributed by atoms with van der Waals surface area (Å²) in [5.74, 6) is 0.343. The van der Waals surface area contributed by atoms with Crippen LogP contribution >= 0.6 is 0 Å². The summed E-state index contributed by atoms with van der Waals surface area (Å²) in [5, 5.41) is 0. The smallest absolute Gasteiger partial charge is 0.222 e. The van der Waals surface area contributed by atoms with E-state index in [1.165, 1.54) is 0 Å². The molecule has 0 bridgehead atoms. The molecule has 1 fully saturated rings. The van der Waals surface area contributed by atoms with E-state index in [4.69, 9.17) is 0 Å². The van der Waals surface area contributed by atoms with Crippen molar-refractivity contribution in [2.24, 2.45) is 0 Å². The molecule has 0 saturated carbocycles. The summed E-state index contributed by atoms with van der Waals surface area (Å²) in [6.45, 7) is 6.43. The summed E-state index contributed by atoms with van der Waals surface area (Å²) >= 11 is 0. The van der Waals surface area contributed by atoms with Crippen LogP contribution in [-0.2, 0) is 9.59 Å². The van der Waals surface area contributed by atoms with Crippen LogP contribution in [0.5, 0.6) is 0 Å². The average molecular weight is 212 g/mol. The quantitative estimate of drug-likeness (QED) is 0.696. The van der Waals surface area contributed by atoms with Crippen LogP contribution in [0, 0.1) is 0 Å². The first-order valence-corrected chi connectivity index (χ1v) is 5.68. The predicted molar refractivity (Wildman–Crippen MR) is 58.4 cm³/mol. The first-order valence-electron chi connectivity index (χ1n) is 5.68. The van der Waals surface area contributed by atoms with E-state index in [-0.39, 0.29) is 11.8 Å². The van der Waals surface area contributed by atoms with Crippen LogP contribution < -0.4 is 0 Å². The summed E-state index contributed by atoms with van der Waals surface area (Å²) in [7, 11) is 0. The molecule has 0 spiro atoms. The normalized spacial score (nSPS) is 16.7. The molecule has 0 aromatic carbocycles. The molecule has 0 unspecified atom stereocenters. The van der Waals surface area contributed by atoms with Gasteiger partial charge >= 0.3 is 0 Å². The van der Waals surface area contributed by atoms with Gasteiger partial charge in [0.05, 0.1) is 0 Å². The summed E-state index contributed by atoms with van der Waals surface area (Å²) in [6, 6.07) is 0. The first-order chi connectivity index (χ1) is 7.15. The molecule has 15 heavy (non-hydrogen) atoms. The molecule has 1 aliphatic rings. The van der Waals surface area contributed by atoms with Crippen LogP contribution in [0.2, 0.25) is 0 Å². The summed E-state index contributed by atoms with van der Waals surface area (Å²) in [6.07, 6.45) is 2.67. The Hall–Kier alpha value is -1.06. The fourth-order valence-corrected chi connectivity index (χ4v) is 1.76. The Labute approximate surface area is 91.2 Å². The minimum atomic E-state index is 0.107. The van der Waals surface area contributed by atoms with Gasteiger partial charge in [-0.3, -0.25) is 9.59 Å². The van der Waals surface area contributed by atoms with Crippen LogP contribution in [0.1, 0.15) is 33.1 Å². The molecule has 0 aliphatic carbocycles. The molecule has 0 atom stereocenters. The van der Waals surface area contributed by atoms with Crippen LogP contribution in [0.25, 0.3) is 0 Å². The molecule has 0 aromatic rings. The predicted octanol–water partition coefficient (Wildman–Crippen LogP) is 0.867. The summed E-state index contributed by atoms with van der Waals surface area (Å²) in [4.78, 5) is 26.4. The highest BCUT2D eigenvalue weighted by molar-refractivity contribution is 5.77. The lowest BCUT2D eigenvalue weighted by atomic mass is 10.2. The van der Waals surface area contributed by atoms with E-state index in [1.54, 1.807) is 11.8 Å². The lowest BCUT2D eigenvalue weighted by Gasteiger charge is -2.34. The standard InChI is InChI=1S/C11H20N2O2/c1-3-4-5-11(15)13-8-6-12(7-9-13)10(2)14/h3-9H2,1-2H3. The van der Waals surface area contributed by atoms with E-state index in [0.29, 0.717) is 32.6 Å². The fourth-order valence-electron chi connectivity index (χ4n) is 1.76. The minimum Gasteiger partial charge on any atom is -0.339 e. The second kappa shape index (κ2) is 5.73. The van der Waals surface area contributed by atoms with Gasteiger partial charge in [0, 0.05) is 39.5 Å². The molecular formula is C11H20N2O2. The molecule has 1 heterocycles. The van der Waals surface area contributed by atoms with Crippen LogP contribution in [0.4, 0.5) is 0 Å². The molecule has 0 radical (unpaired) electrons. The van der Waals surface area contributed by atoms with Crippen molar-refractivity contribution in [3.05, 3.63) is 0 Å². The number of carbonyl (C=O) groups excluding carboxylic acids is 2. The molecule has 0 aromatic heterocycles. The van der Waals surface area contributed by atoms with Crippen molar-refractivity contribution in [2.45, 2.75) is 33.1 Å². The second-order valence-corrected chi connectivity index (χ2v) is 3.99. The Morgan fingerprint density at radius 3 is 2.07 bits per heavy atom. The number of rotatable bonds is 3. The number of hydrogen-bond acceptors (Lipinski definition) is 2. The molecule has 86 valence electrons. The number of carbonyl (C=O) groups is 2. The first kappa shape index (κ1) is 12.0. The zero-order valence-electron chi connectivity index (χ0n) is 9.66. The van der Waals surface area contributed by atoms with Crippen LogP contribution in [0.15, 0.2) is 0 Å². The number of piperazine rings is 1. The van der Waals surface area contributed by atoms with Crippen molar-refractivity contribution in [3.63, 3.8) is 0 Å². The van der Waals surface area contributed by atoms with Crippen molar-refractivity contribution < 1.29 is 9.59 Å². The maximum Gasteiger partial charge on any atom is 0.222 e. The number of amides is 2. The van der Waals surface area contributed by atoms with Gasteiger partial charge in [-0.2, -0.15) is 0 Å². The third-order valence-electron chi connectivity index (χ3n) is 2.82. The highest BCUT2D eigenvalue weighted by Crippen LogP contribution is 2.06. The van der Waals surface area contributed by atoms with E-state index >= 15 is 0 Å². The number of hydrogen-bond donors (Lipinski definition) is 0. The molecule has 1 aliphatic heterocycles. The average Bonchev–Trinajstić information content (AvgIpc) is 2.26. The lowest BCUT2D eigenvalue weighted by Crippen LogP contribution is -2.50. The van der Waals surface area contributed by atoms with Gasteiger partial charge in [-0.1, -0.05) is 13.3 Å². The SMILES string of the molecule is CCCCC(=O)N1CCN(C(C)=O)CC1. The molecule has 1 rings (SSSR count). The van der Waals surface area contributed by atoms with Crippen molar-refractivity contribution in [1.82, 2.24) is 9.80 Å². The van der Waals surface area contributed by atoms with Crippen LogP contribution in [0.3, 0.4) is 0 Å².